The predicted octanol–water partition coefficient (Wildman–Crippen LogP) is 6.28. The number of rotatable bonds is 7. The highest BCUT2D eigenvalue weighted by Gasteiger charge is 2.30. The molecule has 192 valence electrons. The van der Waals surface area contributed by atoms with Gasteiger partial charge < -0.3 is 14.1 Å². The van der Waals surface area contributed by atoms with Crippen LogP contribution < -0.4 is 0 Å². The average Bonchev–Trinajstić information content (AvgIpc) is 3.19. The summed E-state index contributed by atoms with van der Waals surface area (Å²) >= 11 is 6.05. The van der Waals surface area contributed by atoms with Crippen molar-refractivity contribution < 1.29 is 27.1 Å². The fraction of sp³-hybridized carbons (Fsp3) is 0.370. The summed E-state index contributed by atoms with van der Waals surface area (Å²) in [5.74, 6) is 1.31. The number of benzene rings is 2. The maximum absolute atomic E-state index is 12.9. The van der Waals surface area contributed by atoms with Gasteiger partial charge in [0.15, 0.2) is 0 Å². The van der Waals surface area contributed by atoms with E-state index in [2.05, 4.69) is 4.90 Å². The second-order valence-electron chi connectivity index (χ2n) is 8.97. The van der Waals surface area contributed by atoms with E-state index in [1.165, 1.54) is 12.1 Å². The van der Waals surface area contributed by atoms with E-state index in [0.29, 0.717) is 60.4 Å². The number of ether oxygens (including phenoxy) is 1. The predicted molar refractivity (Wildman–Crippen MR) is 131 cm³/mol. The number of hydrogen-bond donors (Lipinski definition) is 0. The van der Waals surface area contributed by atoms with Crippen molar-refractivity contribution in [1.29, 1.82) is 0 Å². The van der Waals surface area contributed by atoms with Crippen molar-refractivity contribution in [3.05, 3.63) is 93.4 Å². The molecule has 1 aliphatic rings. The Morgan fingerprint density at radius 1 is 1.03 bits per heavy atom. The molecule has 9 heteroatoms. The van der Waals surface area contributed by atoms with Crippen molar-refractivity contribution in [2.24, 2.45) is 0 Å². The number of carbonyl (C=O) groups is 1. The van der Waals surface area contributed by atoms with E-state index in [0.717, 1.165) is 17.7 Å². The van der Waals surface area contributed by atoms with Crippen molar-refractivity contribution in [3.8, 4) is 0 Å². The SMILES string of the molecule is Cc1cc(C(=O)N2CCN(C[C@@H](OCc3ccc(C(F)(F)F)cc3)c3ccc(Cl)cc3)CC2)c(C)o1. The number of alkyl halides is 3. The van der Waals surface area contributed by atoms with Gasteiger partial charge in [-0.2, -0.15) is 13.2 Å². The number of nitrogens with zero attached hydrogens (tertiary/aromatic N) is 2. The van der Waals surface area contributed by atoms with Crippen LogP contribution in [0.3, 0.4) is 0 Å². The number of piperazine rings is 1. The first-order valence-corrected chi connectivity index (χ1v) is 12.1. The average molecular weight is 521 g/mol. The summed E-state index contributed by atoms with van der Waals surface area (Å²) in [6.07, 6.45) is -4.69. The second kappa shape index (κ2) is 11.1. The molecule has 0 spiro atoms. The van der Waals surface area contributed by atoms with Crippen LogP contribution in [0.2, 0.25) is 5.02 Å². The first-order valence-electron chi connectivity index (χ1n) is 11.7. The molecule has 1 aromatic heterocycles. The van der Waals surface area contributed by atoms with Crippen molar-refractivity contribution in [2.75, 3.05) is 32.7 Å². The largest absolute Gasteiger partial charge is 0.466 e. The summed E-state index contributed by atoms with van der Waals surface area (Å²) < 4.78 is 50.3. The number of furan rings is 1. The lowest BCUT2D eigenvalue weighted by Crippen LogP contribution is -2.49. The van der Waals surface area contributed by atoms with Gasteiger partial charge in [-0.25, -0.2) is 0 Å². The van der Waals surface area contributed by atoms with Crippen molar-refractivity contribution in [2.45, 2.75) is 32.7 Å². The van der Waals surface area contributed by atoms with Gasteiger partial charge in [-0.3, -0.25) is 9.69 Å². The fourth-order valence-corrected chi connectivity index (χ4v) is 4.43. The molecule has 0 aliphatic carbocycles. The molecule has 4 rings (SSSR count). The van der Waals surface area contributed by atoms with E-state index in [9.17, 15) is 18.0 Å². The lowest BCUT2D eigenvalue weighted by molar-refractivity contribution is -0.137. The summed E-state index contributed by atoms with van der Waals surface area (Å²) in [7, 11) is 0. The summed E-state index contributed by atoms with van der Waals surface area (Å²) in [5.41, 5.74) is 1.49. The van der Waals surface area contributed by atoms with Crippen LogP contribution in [0.5, 0.6) is 0 Å². The van der Waals surface area contributed by atoms with Gasteiger partial charge in [-0.1, -0.05) is 35.9 Å². The molecular weight excluding hydrogens is 493 g/mol. The maximum atomic E-state index is 12.9. The number of hydrogen-bond acceptors (Lipinski definition) is 4. The molecule has 36 heavy (non-hydrogen) atoms. The fourth-order valence-electron chi connectivity index (χ4n) is 4.30. The van der Waals surface area contributed by atoms with Crippen LogP contribution in [-0.2, 0) is 17.5 Å². The molecule has 0 saturated carbocycles. The van der Waals surface area contributed by atoms with Crippen LogP contribution in [0.1, 0.15) is 44.7 Å². The number of aryl methyl sites for hydroxylation is 2. The van der Waals surface area contributed by atoms with Gasteiger partial charge in [0, 0.05) is 37.7 Å². The van der Waals surface area contributed by atoms with Crippen molar-refractivity contribution in [1.82, 2.24) is 9.80 Å². The zero-order valence-electron chi connectivity index (χ0n) is 20.1. The molecule has 5 nitrogen and oxygen atoms in total. The van der Waals surface area contributed by atoms with Gasteiger partial charge in [0.05, 0.1) is 23.8 Å². The number of halogens is 4. The Balaban J connectivity index is 1.39. The Morgan fingerprint density at radius 2 is 1.67 bits per heavy atom. The van der Waals surface area contributed by atoms with Crippen molar-refractivity contribution >= 4 is 17.5 Å². The molecule has 1 saturated heterocycles. The Kier molecular flexibility index (Phi) is 8.07. The summed E-state index contributed by atoms with van der Waals surface area (Å²) in [6.45, 7) is 6.87. The lowest BCUT2D eigenvalue weighted by Gasteiger charge is -2.36. The molecule has 2 aromatic carbocycles. The smallest absolute Gasteiger partial charge is 0.416 e. The number of amides is 1. The van der Waals surface area contributed by atoms with Gasteiger partial charge in [-0.05, 0) is 55.3 Å². The Hall–Kier alpha value is -2.81. The van der Waals surface area contributed by atoms with Crippen molar-refractivity contribution in [3.63, 3.8) is 0 Å². The van der Waals surface area contributed by atoms with Gasteiger partial charge in [-0.15, -0.1) is 0 Å². The molecule has 1 atom stereocenters. The van der Waals surface area contributed by atoms with Crippen LogP contribution in [0, 0.1) is 13.8 Å². The summed E-state index contributed by atoms with van der Waals surface area (Å²) in [4.78, 5) is 17.0. The topological polar surface area (TPSA) is 45.9 Å². The quantitative estimate of drug-likeness (QED) is 0.367. The normalized spacial score (nSPS) is 15.8. The molecule has 0 radical (unpaired) electrons. The van der Waals surface area contributed by atoms with E-state index < -0.39 is 11.7 Å². The minimum atomic E-state index is -4.37. The van der Waals surface area contributed by atoms with E-state index in [4.69, 9.17) is 20.8 Å². The minimum Gasteiger partial charge on any atom is -0.466 e. The summed E-state index contributed by atoms with van der Waals surface area (Å²) in [6, 6.07) is 14.1. The number of carbonyl (C=O) groups excluding carboxylic acids is 1. The highest BCUT2D eigenvalue weighted by molar-refractivity contribution is 6.30. The lowest BCUT2D eigenvalue weighted by atomic mass is 10.1. The van der Waals surface area contributed by atoms with E-state index >= 15 is 0 Å². The summed E-state index contributed by atoms with van der Waals surface area (Å²) in [5, 5.41) is 0.608. The molecular formula is C27H28ClF3N2O3. The molecule has 0 bridgehead atoms. The zero-order chi connectivity index (χ0) is 25.9. The van der Waals surface area contributed by atoms with E-state index in [-0.39, 0.29) is 18.6 Å². The van der Waals surface area contributed by atoms with Gasteiger partial charge in [0.1, 0.15) is 11.5 Å². The van der Waals surface area contributed by atoms with Gasteiger partial charge >= 0.3 is 6.18 Å². The first-order chi connectivity index (χ1) is 17.1. The molecule has 1 amide bonds. The standard InChI is InChI=1S/C27H28ClF3N2O3/c1-18-15-24(19(2)36-18)26(34)33-13-11-32(12-14-33)16-25(21-5-9-23(28)10-6-21)35-17-20-3-7-22(8-4-20)27(29,30)31/h3-10,15,25H,11-14,16-17H2,1-2H3/t25-/m1/s1. The highest BCUT2D eigenvalue weighted by atomic mass is 35.5. The zero-order valence-corrected chi connectivity index (χ0v) is 20.9. The third-order valence-corrected chi connectivity index (χ3v) is 6.58. The van der Waals surface area contributed by atoms with Crippen LogP contribution >= 0.6 is 11.6 Å². The third kappa shape index (κ3) is 6.49. The Bertz CT molecular complexity index is 1170. The third-order valence-electron chi connectivity index (χ3n) is 6.33. The molecule has 1 fully saturated rings. The maximum Gasteiger partial charge on any atom is 0.416 e. The van der Waals surface area contributed by atoms with Gasteiger partial charge in [0.25, 0.3) is 5.91 Å². The Morgan fingerprint density at radius 3 is 2.22 bits per heavy atom. The molecule has 0 N–H and O–H groups in total. The highest BCUT2D eigenvalue weighted by Crippen LogP contribution is 2.30. The Labute approximate surface area is 213 Å². The van der Waals surface area contributed by atoms with Crippen LogP contribution in [0.15, 0.2) is 59.0 Å². The van der Waals surface area contributed by atoms with Crippen LogP contribution in [-0.4, -0.2) is 48.4 Å². The van der Waals surface area contributed by atoms with Gasteiger partial charge in [0.2, 0.25) is 0 Å². The first kappa shape index (κ1) is 26.3. The minimum absolute atomic E-state index is 0.0307. The second-order valence-corrected chi connectivity index (χ2v) is 9.40. The molecule has 1 aliphatic heterocycles. The molecule has 2 heterocycles. The van der Waals surface area contributed by atoms with E-state index in [1.807, 2.05) is 24.0 Å². The monoisotopic (exact) mass is 520 g/mol. The van der Waals surface area contributed by atoms with Crippen LogP contribution in [0.4, 0.5) is 13.2 Å². The van der Waals surface area contributed by atoms with E-state index in [1.54, 1.807) is 25.1 Å². The molecule has 0 unspecified atom stereocenters. The van der Waals surface area contributed by atoms with Crippen LogP contribution in [0.25, 0.3) is 0 Å². The molecule has 3 aromatic rings.